The molecule has 1 aliphatic rings. The molecule has 0 bridgehead atoms. The van der Waals surface area contributed by atoms with Crippen LogP contribution in [0.25, 0.3) is 10.9 Å². The van der Waals surface area contributed by atoms with Crippen LogP contribution in [0.4, 0.5) is 17.3 Å². The van der Waals surface area contributed by atoms with E-state index < -0.39 is 0 Å². The van der Waals surface area contributed by atoms with Gasteiger partial charge >= 0.3 is 0 Å². The van der Waals surface area contributed by atoms with Crippen LogP contribution < -0.4 is 19.9 Å². The predicted octanol–water partition coefficient (Wildman–Crippen LogP) is 2.67. The highest BCUT2D eigenvalue weighted by Crippen LogP contribution is 2.30. The number of ether oxygens (including phenoxy) is 2. The summed E-state index contributed by atoms with van der Waals surface area (Å²) in [7, 11) is 0. The Kier molecular flexibility index (Phi) is 7.87. The van der Waals surface area contributed by atoms with E-state index in [9.17, 15) is 4.79 Å². The molecule has 3 aromatic rings. The smallest absolute Gasteiger partial charge is 0.152 e. The van der Waals surface area contributed by atoms with Crippen LogP contribution >= 0.6 is 0 Å². The first-order valence-electron chi connectivity index (χ1n) is 11.7. The van der Waals surface area contributed by atoms with Crippen LogP contribution in [-0.4, -0.2) is 79.5 Å². The molecular weight excluding hydrogens is 434 g/mol. The Morgan fingerprint density at radius 2 is 2.12 bits per heavy atom. The van der Waals surface area contributed by atoms with Gasteiger partial charge in [0.1, 0.15) is 30.5 Å². The van der Waals surface area contributed by atoms with Crippen LogP contribution in [0.1, 0.15) is 13.8 Å². The number of hydrogen-bond acceptors (Lipinski definition) is 8. The molecule has 34 heavy (non-hydrogen) atoms. The number of aliphatic hydroxyl groups is 1. The molecule has 0 amide bonds. The van der Waals surface area contributed by atoms with Gasteiger partial charge in [-0.05, 0) is 44.2 Å². The number of benzene rings is 1. The molecule has 1 saturated heterocycles. The molecule has 1 atom stereocenters. The van der Waals surface area contributed by atoms with Crippen molar-refractivity contribution < 1.29 is 19.4 Å². The molecule has 0 radical (unpaired) electrons. The van der Waals surface area contributed by atoms with E-state index >= 15 is 0 Å². The summed E-state index contributed by atoms with van der Waals surface area (Å²) in [5, 5.41) is 13.3. The summed E-state index contributed by atoms with van der Waals surface area (Å²) < 4.78 is 11.0. The molecule has 2 aromatic heterocycles. The van der Waals surface area contributed by atoms with Crippen LogP contribution in [0.15, 0.2) is 42.6 Å². The number of piperazine rings is 1. The number of rotatable bonds is 11. The monoisotopic (exact) mass is 467 g/mol. The van der Waals surface area contributed by atoms with Gasteiger partial charge in [-0.3, -0.25) is 0 Å². The maximum atomic E-state index is 12.1. The van der Waals surface area contributed by atoms with Gasteiger partial charge in [0.25, 0.3) is 0 Å². The van der Waals surface area contributed by atoms with Crippen molar-refractivity contribution in [3.05, 3.63) is 42.6 Å². The van der Waals surface area contributed by atoms with Crippen molar-refractivity contribution in [3.8, 4) is 5.75 Å². The quantitative estimate of drug-likeness (QED) is 0.292. The summed E-state index contributed by atoms with van der Waals surface area (Å²) in [6.07, 6.45) is 2.80. The highest BCUT2D eigenvalue weighted by molar-refractivity contribution is 5.86. The van der Waals surface area contributed by atoms with Crippen LogP contribution in [0.5, 0.6) is 5.75 Å². The molecule has 3 heterocycles. The third kappa shape index (κ3) is 5.60. The van der Waals surface area contributed by atoms with E-state index in [1.54, 1.807) is 6.20 Å². The van der Waals surface area contributed by atoms with Crippen molar-refractivity contribution in [1.82, 2.24) is 9.97 Å². The molecular formula is C25H33N5O4. The number of anilines is 3. The molecule has 0 aliphatic carbocycles. The maximum absolute atomic E-state index is 12.1. The van der Waals surface area contributed by atoms with Crippen LogP contribution in [0.2, 0.25) is 0 Å². The Bertz CT molecular complexity index is 1090. The minimum Gasteiger partial charge on any atom is -0.491 e. The van der Waals surface area contributed by atoms with E-state index in [0.29, 0.717) is 39.0 Å². The van der Waals surface area contributed by atoms with Crippen LogP contribution in [0.3, 0.4) is 0 Å². The number of carbonyl (C=O) groups is 1. The number of aromatic amines is 1. The second-order valence-electron chi connectivity index (χ2n) is 8.60. The molecule has 4 rings (SSSR count). The van der Waals surface area contributed by atoms with E-state index in [2.05, 4.69) is 45.0 Å². The van der Waals surface area contributed by atoms with E-state index in [1.807, 2.05) is 30.3 Å². The largest absolute Gasteiger partial charge is 0.491 e. The number of pyridine rings is 1. The van der Waals surface area contributed by atoms with E-state index in [0.717, 1.165) is 46.8 Å². The number of aldehydes is 1. The first kappa shape index (κ1) is 23.8. The molecule has 1 aliphatic heterocycles. The first-order chi connectivity index (χ1) is 16.6. The average molecular weight is 468 g/mol. The normalized spacial score (nSPS) is 16.3. The van der Waals surface area contributed by atoms with Crippen molar-refractivity contribution >= 4 is 34.5 Å². The van der Waals surface area contributed by atoms with Crippen molar-refractivity contribution in [1.29, 1.82) is 0 Å². The Balaban J connectivity index is 1.45. The second kappa shape index (κ2) is 11.2. The molecule has 1 unspecified atom stereocenters. The van der Waals surface area contributed by atoms with E-state index in [1.165, 1.54) is 0 Å². The lowest BCUT2D eigenvalue weighted by molar-refractivity contribution is -0.109. The lowest BCUT2D eigenvalue weighted by Crippen LogP contribution is -2.54. The molecule has 1 fully saturated rings. The Labute approximate surface area is 199 Å². The molecule has 9 nitrogen and oxygen atoms in total. The van der Waals surface area contributed by atoms with Gasteiger partial charge < -0.3 is 39.5 Å². The molecule has 182 valence electrons. The summed E-state index contributed by atoms with van der Waals surface area (Å²) >= 11 is 0. The Morgan fingerprint density at radius 1 is 1.24 bits per heavy atom. The van der Waals surface area contributed by atoms with E-state index in [-0.39, 0.29) is 12.6 Å². The SMILES string of the molecule is CC(C)Nc1cccnc1N1CCN(c2cc3ccc(OCCOCCO)cc3[nH]2)C(C=O)C1. The van der Waals surface area contributed by atoms with Gasteiger partial charge in [0.05, 0.1) is 31.0 Å². The lowest BCUT2D eigenvalue weighted by atomic mass is 10.1. The van der Waals surface area contributed by atoms with Gasteiger partial charge in [-0.15, -0.1) is 0 Å². The van der Waals surface area contributed by atoms with Crippen LogP contribution in [-0.2, 0) is 9.53 Å². The fraction of sp³-hybridized carbons (Fsp3) is 0.440. The molecule has 9 heteroatoms. The summed E-state index contributed by atoms with van der Waals surface area (Å²) in [6.45, 7) is 7.35. The zero-order valence-electron chi connectivity index (χ0n) is 19.7. The van der Waals surface area contributed by atoms with Gasteiger partial charge in [0, 0.05) is 43.3 Å². The third-order valence-corrected chi connectivity index (χ3v) is 5.73. The summed E-state index contributed by atoms with van der Waals surface area (Å²) in [6, 6.07) is 11.9. The number of aromatic nitrogens is 2. The number of nitrogens with one attached hydrogen (secondary N) is 2. The van der Waals surface area contributed by atoms with Gasteiger partial charge in [0.2, 0.25) is 0 Å². The van der Waals surface area contributed by atoms with E-state index in [4.69, 9.17) is 14.6 Å². The van der Waals surface area contributed by atoms with Crippen molar-refractivity contribution in [2.75, 3.05) is 61.2 Å². The zero-order valence-corrected chi connectivity index (χ0v) is 19.7. The molecule has 0 spiro atoms. The number of fused-ring (bicyclic) bond motifs is 1. The van der Waals surface area contributed by atoms with Gasteiger partial charge in [0.15, 0.2) is 5.82 Å². The number of aliphatic hydroxyl groups excluding tert-OH is 1. The fourth-order valence-electron chi connectivity index (χ4n) is 4.21. The standard InChI is InChI=1S/C25H33N5O4/c1-18(2)27-22-4-3-7-26-25(22)29-8-9-30(20(16-29)17-32)24-14-19-5-6-21(15-23(19)28-24)34-13-12-33-11-10-31/h3-7,14-15,17-18,20,27-28,31H,8-13,16H2,1-2H3. The number of hydrogen-bond donors (Lipinski definition) is 3. The second-order valence-corrected chi connectivity index (χ2v) is 8.60. The number of nitrogens with zero attached hydrogens (tertiary/aromatic N) is 3. The summed E-state index contributed by atoms with van der Waals surface area (Å²) in [5.74, 6) is 2.53. The predicted molar refractivity (Wildman–Crippen MR) is 134 cm³/mol. The fourth-order valence-corrected chi connectivity index (χ4v) is 4.21. The zero-order chi connectivity index (χ0) is 23.9. The molecule has 1 aromatic carbocycles. The van der Waals surface area contributed by atoms with Gasteiger partial charge in [-0.1, -0.05) is 0 Å². The lowest BCUT2D eigenvalue weighted by Gasteiger charge is -2.40. The Hall–Kier alpha value is -3.30. The highest BCUT2D eigenvalue weighted by atomic mass is 16.5. The minimum absolute atomic E-state index is 0.00507. The Morgan fingerprint density at radius 3 is 2.91 bits per heavy atom. The van der Waals surface area contributed by atoms with Gasteiger partial charge in [-0.25, -0.2) is 4.98 Å². The van der Waals surface area contributed by atoms with Gasteiger partial charge in [-0.2, -0.15) is 0 Å². The van der Waals surface area contributed by atoms with Crippen molar-refractivity contribution in [2.45, 2.75) is 25.9 Å². The highest BCUT2D eigenvalue weighted by Gasteiger charge is 2.29. The van der Waals surface area contributed by atoms with Crippen molar-refractivity contribution in [3.63, 3.8) is 0 Å². The topological polar surface area (TPSA) is 103 Å². The third-order valence-electron chi connectivity index (χ3n) is 5.73. The number of carbonyl (C=O) groups excluding carboxylic acids is 1. The van der Waals surface area contributed by atoms with Crippen molar-refractivity contribution in [2.24, 2.45) is 0 Å². The molecule has 3 N–H and O–H groups in total. The first-order valence-corrected chi connectivity index (χ1v) is 11.7. The maximum Gasteiger partial charge on any atom is 0.152 e. The summed E-state index contributed by atoms with van der Waals surface area (Å²) in [4.78, 5) is 24.4. The minimum atomic E-state index is -0.296. The summed E-state index contributed by atoms with van der Waals surface area (Å²) in [5.41, 5.74) is 1.93. The average Bonchev–Trinajstić information content (AvgIpc) is 3.27. The number of H-pyrrole nitrogens is 1. The molecule has 0 saturated carbocycles. The van der Waals surface area contributed by atoms with Crippen LogP contribution in [0, 0.1) is 0 Å².